The van der Waals surface area contributed by atoms with Crippen molar-refractivity contribution in [3.8, 4) is 0 Å². The fourth-order valence-corrected chi connectivity index (χ4v) is 0.670. The normalized spacial score (nSPS) is 25.2. The number of hydrogen-bond donors (Lipinski definition) is 0. The number of thiocarbonyl (C=S) groups is 1. The molecule has 0 amide bonds. The smallest absolute Gasteiger partial charge is 0.304 e. The van der Waals surface area contributed by atoms with Crippen molar-refractivity contribution in [1.29, 1.82) is 0 Å². The highest BCUT2D eigenvalue weighted by atomic mass is 32.1. The topological polar surface area (TPSA) is 34.0 Å². The molecule has 0 fully saturated rings. The minimum atomic E-state index is -0.141. The Labute approximate surface area is 59.1 Å². The van der Waals surface area contributed by atoms with Crippen LogP contribution in [0.3, 0.4) is 0 Å². The van der Waals surface area contributed by atoms with Crippen molar-refractivity contribution in [3.63, 3.8) is 0 Å². The lowest BCUT2D eigenvalue weighted by Crippen LogP contribution is -2.13. The molecule has 0 bridgehead atoms. The Kier molecular flexibility index (Phi) is 1.75. The average molecular weight is 144 g/mol. The number of ether oxygens (including phenoxy) is 1. The maximum absolute atomic E-state index is 5.02. The van der Waals surface area contributed by atoms with Crippen LogP contribution in [0.2, 0.25) is 0 Å². The monoisotopic (exact) mass is 144 g/mol. The van der Waals surface area contributed by atoms with Crippen LogP contribution in [0, 0.1) is 5.92 Å². The second-order valence-corrected chi connectivity index (χ2v) is 2.58. The Hall–Kier alpha value is -0.510. The fourth-order valence-electron chi connectivity index (χ4n) is 0.524. The van der Waals surface area contributed by atoms with Crippen LogP contribution in [0.25, 0.3) is 0 Å². The summed E-state index contributed by atoms with van der Waals surface area (Å²) in [5.41, 5.74) is 0. The Bertz CT molecular complexity index is 155. The Morgan fingerprint density at radius 2 is 2.33 bits per heavy atom. The molecule has 0 aromatic rings. The summed E-state index contributed by atoms with van der Waals surface area (Å²) in [6.45, 7) is 4.02. The molecular formula is C5H8N2OS. The average Bonchev–Trinajstić information content (AvgIpc) is 2.14. The van der Waals surface area contributed by atoms with Crippen LogP contribution < -0.4 is 0 Å². The lowest BCUT2D eigenvalue weighted by atomic mass is 10.2. The van der Waals surface area contributed by atoms with Crippen LogP contribution in [0.1, 0.15) is 13.8 Å². The van der Waals surface area contributed by atoms with E-state index in [1.807, 2.05) is 13.8 Å². The van der Waals surface area contributed by atoms with Gasteiger partial charge in [-0.05, 0) is 12.2 Å². The molecule has 3 nitrogen and oxygen atoms in total. The standard InChI is InChI=1S/C5H8N2OS/c1-3(2)4-6-7-5(9)8-4/h3-4H,1-2H3. The maximum atomic E-state index is 5.02. The Balaban J connectivity index is 2.50. The summed E-state index contributed by atoms with van der Waals surface area (Å²) in [6, 6.07) is 0. The lowest BCUT2D eigenvalue weighted by molar-refractivity contribution is 0.168. The summed E-state index contributed by atoms with van der Waals surface area (Å²) >= 11 is 4.63. The first kappa shape index (κ1) is 6.61. The molecule has 1 heterocycles. The predicted molar refractivity (Wildman–Crippen MR) is 37.2 cm³/mol. The fraction of sp³-hybridized carbons (Fsp3) is 0.800. The minimum absolute atomic E-state index is 0.141. The third kappa shape index (κ3) is 1.45. The van der Waals surface area contributed by atoms with Gasteiger partial charge in [-0.25, -0.2) is 0 Å². The molecule has 0 aliphatic carbocycles. The highest BCUT2D eigenvalue weighted by molar-refractivity contribution is 7.80. The van der Waals surface area contributed by atoms with Gasteiger partial charge in [-0.1, -0.05) is 13.8 Å². The molecule has 0 radical (unpaired) electrons. The van der Waals surface area contributed by atoms with Gasteiger partial charge in [0, 0.05) is 5.92 Å². The SMILES string of the molecule is CC(C)C1N=NC(=S)O1. The van der Waals surface area contributed by atoms with E-state index < -0.39 is 0 Å². The summed E-state index contributed by atoms with van der Waals surface area (Å²) in [7, 11) is 0. The third-order valence-electron chi connectivity index (χ3n) is 1.05. The first-order valence-electron chi connectivity index (χ1n) is 2.81. The lowest BCUT2D eigenvalue weighted by Gasteiger charge is -2.07. The molecule has 0 aromatic carbocycles. The van der Waals surface area contributed by atoms with Crippen molar-refractivity contribution in [2.24, 2.45) is 16.1 Å². The van der Waals surface area contributed by atoms with Crippen molar-refractivity contribution in [2.75, 3.05) is 0 Å². The van der Waals surface area contributed by atoms with Gasteiger partial charge in [-0.3, -0.25) is 0 Å². The largest absolute Gasteiger partial charge is 0.440 e. The number of hydrogen-bond acceptors (Lipinski definition) is 3. The molecule has 1 unspecified atom stereocenters. The maximum Gasteiger partial charge on any atom is 0.304 e. The second-order valence-electron chi connectivity index (χ2n) is 2.23. The Morgan fingerprint density at radius 3 is 2.56 bits per heavy atom. The van der Waals surface area contributed by atoms with Gasteiger partial charge in [0.15, 0.2) is 0 Å². The molecular weight excluding hydrogens is 136 g/mol. The predicted octanol–water partition coefficient (Wildman–Crippen LogP) is 1.74. The summed E-state index contributed by atoms with van der Waals surface area (Å²) in [5, 5.41) is 7.61. The summed E-state index contributed by atoms with van der Waals surface area (Å²) in [4.78, 5) is 0. The van der Waals surface area contributed by atoms with Crippen molar-refractivity contribution in [1.82, 2.24) is 0 Å². The highest BCUT2D eigenvalue weighted by Crippen LogP contribution is 2.14. The van der Waals surface area contributed by atoms with Crippen molar-refractivity contribution in [2.45, 2.75) is 20.1 Å². The zero-order valence-corrected chi connectivity index (χ0v) is 6.18. The van der Waals surface area contributed by atoms with Crippen LogP contribution in [0.5, 0.6) is 0 Å². The van der Waals surface area contributed by atoms with Gasteiger partial charge in [0.05, 0.1) is 0 Å². The number of nitrogens with zero attached hydrogens (tertiary/aromatic N) is 2. The summed E-state index contributed by atoms with van der Waals surface area (Å²) in [6.07, 6.45) is -0.141. The Morgan fingerprint density at radius 1 is 1.67 bits per heavy atom. The van der Waals surface area contributed by atoms with Gasteiger partial charge in [0.1, 0.15) is 0 Å². The van der Waals surface area contributed by atoms with E-state index in [1.165, 1.54) is 0 Å². The third-order valence-corrected chi connectivity index (χ3v) is 1.22. The van der Waals surface area contributed by atoms with E-state index in [-0.39, 0.29) is 11.4 Å². The quantitative estimate of drug-likeness (QED) is 0.525. The molecule has 1 rings (SSSR count). The molecule has 9 heavy (non-hydrogen) atoms. The molecule has 1 aliphatic rings. The molecule has 0 spiro atoms. The first-order valence-corrected chi connectivity index (χ1v) is 3.22. The van der Waals surface area contributed by atoms with Gasteiger partial charge < -0.3 is 4.74 Å². The van der Waals surface area contributed by atoms with Crippen molar-refractivity contribution in [3.05, 3.63) is 0 Å². The van der Waals surface area contributed by atoms with Gasteiger partial charge in [-0.15, -0.1) is 10.2 Å². The molecule has 0 N–H and O–H groups in total. The van der Waals surface area contributed by atoms with E-state index in [9.17, 15) is 0 Å². The van der Waals surface area contributed by atoms with Gasteiger partial charge >= 0.3 is 5.17 Å². The van der Waals surface area contributed by atoms with Gasteiger partial charge in [0.25, 0.3) is 0 Å². The second kappa shape index (κ2) is 2.39. The van der Waals surface area contributed by atoms with Crippen molar-refractivity contribution >= 4 is 17.4 Å². The van der Waals surface area contributed by atoms with E-state index in [0.717, 1.165) is 0 Å². The van der Waals surface area contributed by atoms with Crippen molar-refractivity contribution < 1.29 is 4.74 Å². The minimum Gasteiger partial charge on any atom is -0.440 e. The van der Waals surface area contributed by atoms with E-state index in [0.29, 0.717) is 5.92 Å². The zero-order chi connectivity index (χ0) is 6.85. The molecule has 0 saturated carbocycles. The first-order chi connectivity index (χ1) is 4.20. The van der Waals surface area contributed by atoms with Crippen LogP contribution >= 0.6 is 12.2 Å². The molecule has 1 atom stereocenters. The summed E-state index contributed by atoms with van der Waals surface area (Å²) < 4.78 is 5.02. The van der Waals surface area contributed by atoms with E-state index >= 15 is 0 Å². The van der Waals surface area contributed by atoms with E-state index in [2.05, 4.69) is 22.4 Å². The van der Waals surface area contributed by atoms with Crippen LogP contribution in [-0.4, -0.2) is 11.4 Å². The molecule has 4 heteroatoms. The van der Waals surface area contributed by atoms with Gasteiger partial charge in [-0.2, -0.15) is 0 Å². The molecule has 0 saturated heterocycles. The van der Waals surface area contributed by atoms with Crippen LogP contribution in [0.4, 0.5) is 0 Å². The molecule has 0 aromatic heterocycles. The molecule has 1 aliphatic heterocycles. The molecule has 50 valence electrons. The van der Waals surface area contributed by atoms with Crippen LogP contribution in [-0.2, 0) is 4.74 Å². The zero-order valence-electron chi connectivity index (χ0n) is 5.37. The van der Waals surface area contributed by atoms with Gasteiger partial charge in [0.2, 0.25) is 6.23 Å². The summed E-state index contributed by atoms with van der Waals surface area (Å²) in [5.74, 6) is 0.356. The number of azo groups is 1. The van der Waals surface area contributed by atoms with Crippen LogP contribution in [0.15, 0.2) is 10.2 Å². The highest BCUT2D eigenvalue weighted by Gasteiger charge is 2.20. The number of rotatable bonds is 1. The van der Waals surface area contributed by atoms with E-state index in [4.69, 9.17) is 4.74 Å². The van der Waals surface area contributed by atoms with E-state index in [1.54, 1.807) is 0 Å².